The molecule has 0 bridgehead atoms. The highest BCUT2D eigenvalue weighted by molar-refractivity contribution is 9.10. The first-order valence-electron chi connectivity index (χ1n) is 3.49. The molecule has 0 amide bonds. The highest BCUT2D eigenvalue weighted by Crippen LogP contribution is 2.21. The zero-order valence-corrected chi connectivity index (χ0v) is 8.10. The molecule has 0 fully saturated rings. The van der Waals surface area contributed by atoms with Gasteiger partial charge in [0, 0.05) is 10.0 Å². The zero-order chi connectivity index (χ0) is 9.14. The molecular weight excluding hydrogens is 221 g/mol. The van der Waals surface area contributed by atoms with Gasteiger partial charge in [0.1, 0.15) is 5.82 Å². The van der Waals surface area contributed by atoms with Gasteiger partial charge in [-0.3, -0.25) is 0 Å². The molecule has 0 aliphatic heterocycles. The molecule has 62 valence electrons. The van der Waals surface area contributed by atoms with Crippen molar-refractivity contribution in [3.05, 3.63) is 34.1 Å². The van der Waals surface area contributed by atoms with E-state index in [9.17, 15) is 4.39 Å². The molecule has 0 spiro atoms. The van der Waals surface area contributed by atoms with Gasteiger partial charge in [-0.15, -0.1) is 0 Å². The van der Waals surface area contributed by atoms with E-state index in [1.54, 1.807) is 19.1 Å². The number of halogens is 2. The molecule has 12 heavy (non-hydrogen) atoms. The van der Waals surface area contributed by atoms with Crippen LogP contribution in [0.3, 0.4) is 0 Å². The fourth-order valence-electron chi connectivity index (χ4n) is 0.922. The monoisotopic (exact) mass is 227 g/mol. The molecule has 0 aliphatic carbocycles. The highest BCUT2D eigenvalue weighted by atomic mass is 79.9. The Morgan fingerprint density at radius 1 is 1.58 bits per heavy atom. The first kappa shape index (κ1) is 9.21. The fraction of sp³-hybridized carbons (Fsp3) is 0.222. The van der Waals surface area contributed by atoms with Crippen LogP contribution in [0.2, 0.25) is 0 Å². The third kappa shape index (κ3) is 1.83. The maximum atomic E-state index is 13.1. The Balaban J connectivity index is 3.11. The summed E-state index contributed by atoms with van der Waals surface area (Å²) in [6.07, 6.45) is 0. The molecule has 0 saturated heterocycles. The van der Waals surface area contributed by atoms with Crippen LogP contribution in [-0.4, -0.2) is 0 Å². The molecule has 0 aromatic heterocycles. The van der Waals surface area contributed by atoms with Crippen LogP contribution in [0.4, 0.5) is 4.39 Å². The van der Waals surface area contributed by atoms with Crippen molar-refractivity contribution in [1.29, 1.82) is 5.26 Å². The number of rotatable bonds is 1. The summed E-state index contributed by atoms with van der Waals surface area (Å²) in [6, 6.07) is 6.70. The maximum absolute atomic E-state index is 13.1. The van der Waals surface area contributed by atoms with E-state index in [2.05, 4.69) is 15.9 Å². The van der Waals surface area contributed by atoms with Crippen molar-refractivity contribution in [2.24, 2.45) is 0 Å². The molecule has 0 radical (unpaired) electrons. The summed E-state index contributed by atoms with van der Waals surface area (Å²) in [6.45, 7) is 1.67. The molecular formula is C9H7BrFN. The van der Waals surface area contributed by atoms with Crippen molar-refractivity contribution < 1.29 is 4.39 Å². The highest BCUT2D eigenvalue weighted by Gasteiger charge is 2.09. The minimum Gasteiger partial charge on any atom is -0.207 e. The first-order valence-corrected chi connectivity index (χ1v) is 4.29. The summed E-state index contributed by atoms with van der Waals surface area (Å²) in [5.41, 5.74) is 0.445. The largest absolute Gasteiger partial charge is 0.207 e. The maximum Gasteiger partial charge on any atom is 0.128 e. The SMILES string of the molecule is CC(C#N)c1ccc(Br)cc1F. The van der Waals surface area contributed by atoms with Crippen molar-refractivity contribution in [3.63, 3.8) is 0 Å². The number of nitrogens with zero attached hydrogens (tertiary/aromatic N) is 1. The van der Waals surface area contributed by atoms with Gasteiger partial charge in [-0.05, 0) is 19.1 Å². The Bertz CT molecular complexity index is 330. The van der Waals surface area contributed by atoms with Gasteiger partial charge in [0.05, 0.1) is 12.0 Å². The van der Waals surface area contributed by atoms with Gasteiger partial charge in [0.15, 0.2) is 0 Å². The third-order valence-electron chi connectivity index (χ3n) is 1.62. The van der Waals surface area contributed by atoms with Crippen LogP contribution in [0.15, 0.2) is 22.7 Å². The molecule has 1 nitrogen and oxygen atoms in total. The quantitative estimate of drug-likeness (QED) is 0.723. The predicted molar refractivity (Wildman–Crippen MR) is 48.1 cm³/mol. The minimum absolute atomic E-state index is 0.335. The number of benzene rings is 1. The average molecular weight is 228 g/mol. The van der Waals surface area contributed by atoms with E-state index in [0.717, 1.165) is 0 Å². The van der Waals surface area contributed by atoms with Crippen molar-refractivity contribution in [2.75, 3.05) is 0 Å². The topological polar surface area (TPSA) is 23.8 Å². The summed E-state index contributed by atoms with van der Waals surface area (Å²) in [7, 11) is 0. The van der Waals surface area contributed by atoms with E-state index < -0.39 is 5.92 Å². The van der Waals surface area contributed by atoms with Crippen LogP contribution in [0.1, 0.15) is 18.4 Å². The van der Waals surface area contributed by atoms with Gasteiger partial charge in [-0.25, -0.2) is 4.39 Å². The zero-order valence-electron chi connectivity index (χ0n) is 6.51. The van der Waals surface area contributed by atoms with Crippen LogP contribution < -0.4 is 0 Å². The van der Waals surface area contributed by atoms with Crippen LogP contribution in [-0.2, 0) is 0 Å². The molecule has 1 rings (SSSR count). The molecule has 1 aromatic rings. The van der Waals surface area contributed by atoms with E-state index in [0.29, 0.717) is 10.0 Å². The predicted octanol–water partition coefficient (Wildman–Crippen LogP) is 3.22. The first-order chi connectivity index (χ1) is 5.65. The van der Waals surface area contributed by atoms with Gasteiger partial charge >= 0.3 is 0 Å². The summed E-state index contributed by atoms with van der Waals surface area (Å²) in [5, 5.41) is 8.55. The smallest absolute Gasteiger partial charge is 0.128 e. The second-order valence-electron chi connectivity index (χ2n) is 2.52. The molecule has 0 heterocycles. The average Bonchev–Trinajstić information content (AvgIpc) is 2.03. The number of hydrogen-bond acceptors (Lipinski definition) is 1. The molecule has 1 unspecified atom stereocenters. The van der Waals surface area contributed by atoms with E-state index in [1.165, 1.54) is 6.07 Å². The number of hydrogen-bond donors (Lipinski definition) is 0. The molecule has 0 N–H and O–H groups in total. The Morgan fingerprint density at radius 2 is 2.25 bits per heavy atom. The second kappa shape index (κ2) is 3.68. The Kier molecular flexibility index (Phi) is 2.83. The second-order valence-corrected chi connectivity index (χ2v) is 3.43. The number of nitriles is 1. The normalized spacial score (nSPS) is 12.2. The minimum atomic E-state index is -0.391. The van der Waals surface area contributed by atoms with E-state index in [-0.39, 0.29) is 5.82 Å². The summed E-state index contributed by atoms with van der Waals surface area (Å²) >= 11 is 3.14. The van der Waals surface area contributed by atoms with Gasteiger partial charge in [0.2, 0.25) is 0 Å². The lowest BCUT2D eigenvalue weighted by atomic mass is 10.0. The standard InChI is InChI=1S/C9H7BrFN/c1-6(5-12)8-3-2-7(10)4-9(8)11/h2-4,6H,1H3. The van der Waals surface area contributed by atoms with Crippen LogP contribution in [0, 0.1) is 17.1 Å². The van der Waals surface area contributed by atoms with Crippen LogP contribution in [0.5, 0.6) is 0 Å². The lowest BCUT2D eigenvalue weighted by Gasteiger charge is -2.03. The van der Waals surface area contributed by atoms with Gasteiger partial charge in [-0.2, -0.15) is 5.26 Å². The molecule has 3 heteroatoms. The van der Waals surface area contributed by atoms with Crippen LogP contribution in [0.25, 0.3) is 0 Å². The lowest BCUT2D eigenvalue weighted by Crippen LogP contribution is -1.93. The van der Waals surface area contributed by atoms with Crippen molar-refractivity contribution in [2.45, 2.75) is 12.8 Å². The Labute approximate surface area is 79.0 Å². The van der Waals surface area contributed by atoms with Crippen molar-refractivity contribution >= 4 is 15.9 Å². The van der Waals surface area contributed by atoms with Gasteiger partial charge < -0.3 is 0 Å². The molecule has 1 atom stereocenters. The molecule has 0 saturated carbocycles. The van der Waals surface area contributed by atoms with Gasteiger partial charge in [-0.1, -0.05) is 22.0 Å². The van der Waals surface area contributed by atoms with Gasteiger partial charge in [0.25, 0.3) is 0 Å². The molecule has 1 aromatic carbocycles. The Morgan fingerprint density at radius 3 is 2.75 bits per heavy atom. The van der Waals surface area contributed by atoms with E-state index >= 15 is 0 Å². The fourth-order valence-corrected chi connectivity index (χ4v) is 1.26. The summed E-state index contributed by atoms with van der Waals surface area (Å²) < 4.78 is 13.8. The summed E-state index contributed by atoms with van der Waals surface area (Å²) in [5.74, 6) is -0.725. The van der Waals surface area contributed by atoms with E-state index in [1.807, 2.05) is 6.07 Å². The van der Waals surface area contributed by atoms with Crippen molar-refractivity contribution in [1.82, 2.24) is 0 Å². The van der Waals surface area contributed by atoms with E-state index in [4.69, 9.17) is 5.26 Å². The van der Waals surface area contributed by atoms with Crippen molar-refractivity contribution in [3.8, 4) is 6.07 Å². The lowest BCUT2D eigenvalue weighted by molar-refractivity contribution is 0.605. The summed E-state index contributed by atoms with van der Waals surface area (Å²) in [4.78, 5) is 0. The molecule has 0 aliphatic rings. The Hall–Kier alpha value is -0.880. The van der Waals surface area contributed by atoms with Crippen LogP contribution >= 0.6 is 15.9 Å². The third-order valence-corrected chi connectivity index (χ3v) is 2.12.